The average molecular weight is 236 g/mol. The first-order valence-electron chi connectivity index (χ1n) is 5.72. The fourth-order valence-electron chi connectivity index (χ4n) is 1.81. The minimum atomic E-state index is 0.819. The van der Waals surface area contributed by atoms with E-state index in [2.05, 4.69) is 20.3 Å². The van der Waals surface area contributed by atoms with Gasteiger partial charge in [-0.1, -0.05) is 0 Å². The highest BCUT2D eigenvalue weighted by atomic mass is 15.0. The Labute approximate surface area is 105 Å². The second-order valence-corrected chi connectivity index (χ2v) is 4.08. The van der Waals surface area contributed by atoms with Gasteiger partial charge in [-0.25, -0.2) is 4.98 Å². The van der Waals surface area contributed by atoms with Gasteiger partial charge in [-0.3, -0.25) is 9.97 Å². The van der Waals surface area contributed by atoms with Crippen LogP contribution < -0.4 is 5.32 Å². The highest BCUT2D eigenvalue weighted by Gasteiger charge is 1.99. The molecule has 0 unspecified atom stereocenters. The lowest BCUT2D eigenvalue weighted by Crippen LogP contribution is -1.94. The van der Waals surface area contributed by atoms with Gasteiger partial charge in [0, 0.05) is 35.4 Å². The van der Waals surface area contributed by atoms with Crippen LogP contribution in [0.2, 0.25) is 0 Å². The molecule has 0 aliphatic rings. The van der Waals surface area contributed by atoms with Crippen molar-refractivity contribution in [2.45, 2.75) is 6.92 Å². The van der Waals surface area contributed by atoms with Crippen molar-refractivity contribution in [3.05, 3.63) is 54.6 Å². The summed E-state index contributed by atoms with van der Waals surface area (Å²) < 4.78 is 0. The van der Waals surface area contributed by atoms with Crippen molar-refractivity contribution in [1.82, 2.24) is 15.0 Å². The first kappa shape index (κ1) is 10.7. The zero-order valence-electron chi connectivity index (χ0n) is 9.96. The van der Waals surface area contributed by atoms with Gasteiger partial charge >= 0.3 is 0 Å². The molecule has 0 radical (unpaired) electrons. The highest BCUT2D eigenvalue weighted by Crippen LogP contribution is 2.18. The standard InChI is InChI=1S/C14H12N4/c1-10-8-12(4-7-16-10)17-14-3-2-11-9-15-6-5-13(11)18-14/h2-9H,1H3,(H,16,17,18). The van der Waals surface area contributed by atoms with Gasteiger partial charge in [-0.05, 0) is 37.3 Å². The largest absolute Gasteiger partial charge is 0.340 e. The number of anilines is 2. The van der Waals surface area contributed by atoms with E-state index < -0.39 is 0 Å². The maximum absolute atomic E-state index is 4.53. The monoisotopic (exact) mass is 236 g/mol. The zero-order chi connectivity index (χ0) is 12.4. The van der Waals surface area contributed by atoms with Crippen LogP contribution in [-0.4, -0.2) is 15.0 Å². The van der Waals surface area contributed by atoms with Crippen LogP contribution in [0.4, 0.5) is 11.5 Å². The molecule has 0 saturated heterocycles. The summed E-state index contributed by atoms with van der Waals surface area (Å²) in [6.45, 7) is 1.96. The Balaban J connectivity index is 1.95. The van der Waals surface area contributed by atoms with E-state index in [-0.39, 0.29) is 0 Å². The van der Waals surface area contributed by atoms with E-state index in [9.17, 15) is 0 Å². The fourth-order valence-corrected chi connectivity index (χ4v) is 1.81. The summed E-state index contributed by atoms with van der Waals surface area (Å²) >= 11 is 0. The predicted molar refractivity (Wildman–Crippen MR) is 71.8 cm³/mol. The lowest BCUT2D eigenvalue weighted by atomic mass is 10.2. The molecule has 3 heterocycles. The van der Waals surface area contributed by atoms with E-state index in [4.69, 9.17) is 0 Å². The Morgan fingerprint density at radius 2 is 2.00 bits per heavy atom. The van der Waals surface area contributed by atoms with Crippen LogP contribution >= 0.6 is 0 Å². The predicted octanol–water partition coefficient (Wildman–Crippen LogP) is 3.08. The maximum atomic E-state index is 4.53. The summed E-state index contributed by atoms with van der Waals surface area (Å²) in [5, 5.41) is 4.30. The second kappa shape index (κ2) is 4.41. The third-order valence-corrected chi connectivity index (χ3v) is 2.66. The Morgan fingerprint density at radius 3 is 2.89 bits per heavy atom. The van der Waals surface area contributed by atoms with Crippen LogP contribution in [0.15, 0.2) is 48.9 Å². The topological polar surface area (TPSA) is 50.7 Å². The number of rotatable bonds is 2. The van der Waals surface area contributed by atoms with Crippen molar-refractivity contribution in [2.75, 3.05) is 5.32 Å². The number of aromatic nitrogens is 3. The van der Waals surface area contributed by atoms with E-state index in [1.54, 1.807) is 12.4 Å². The zero-order valence-corrected chi connectivity index (χ0v) is 9.96. The molecule has 0 fully saturated rings. The van der Waals surface area contributed by atoms with Crippen LogP contribution in [0.1, 0.15) is 5.69 Å². The summed E-state index contributed by atoms with van der Waals surface area (Å²) in [4.78, 5) is 12.8. The Morgan fingerprint density at radius 1 is 1.06 bits per heavy atom. The van der Waals surface area contributed by atoms with Gasteiger partial charge in [-0.2, -0.15) is 0 Å². The molecular weight excluding hydrogens is 224 g/mol. The first-order valence-corrected chi connectivity index (χ1v) is 5.72. The minimum absolute atomic E-state index is 0.819. The molecular formula is C14H12N4. The van der Waals surface area contributed by atoms with Gasteiger partial charge in [0.1, 0.15) is 5.82 Å². The van der Waals surface area contributed by atoms with Crippen molar-refractivity contribution < 1.29 is 0 Å². The van der Waals surface area contributed by atoms with Gasteiger partial charge in [0.05, 0.1) is 5.52 Å². The molecule has 3 aromatic heterocycles. The maximum Gasteiger partial charge on any atom is 0.131 e. The summed E-state index contributed by atoms with van der Waals surface area (Å²) in [5.41, 5.74) is 2.90. The quantitative estimate of drug-likeness (QED) is 0.742. The molecule has 0 saturated carbocycles. The molecule has 3 aromatic rings. The molecule has 0 amide bonds. The van der Waals surface area contributed by atoms with Crippen LogP contribution in [0, 0.1) is 6.92 Å². The summed E-state index contributed by atoms with van der Waals surface area (Å²) in [7, 11) is 0. The number of fused-ring (bicyclic) bond motifs is 1. The number of nitrogens with one attached hydrogen (secondary N) is 1. The molecule has 0 aliphatic heterocycles. The Kier molecular flexibility index (Phi) is 2.61. The minimum Gasteiger partial charge on any atom is -0.340 e. The van der Waals surface area contributed by atoms with Crippen molar-refractivity contribution in [3.63, 3.8) is 0 Å². The van der Waals surface area contributed by atoms with Crippen LogP contribution in [-0.2, 0) is 0 Å². The molecule has 1 N–H and O–H groups in total. The van der Waals surface area contributed by atoms with E-state index in [0.29, 0.717) is 0 Å². The van der Waals surface area contributed by atoms with Crippen LogP contribution in [0.25, 0.3) is 10.9 Å². The smallest absolute Gasteiger partial charge is 0.131 e. The van der Waals surface area contributed by atoms with Crippen LogP contribution in [0.5, 0.6) is 0 Å². The highest BCUT2D eigenvalue weighted by molar-refractivity contribution is 5.79. The number of pyridine rings is 3. The molecule has 88 valence electrons. The lowest BCUT2D eigenvalue weighted by Gasteiger charge is -2.06. The number of aryl methyl sites for hydroxylation is 1. The molecule has 4 nitrogen and oxygen atoms in total. The van der Waals surface area contributed by atoms with Gasteiger partial charge in [0.2, 0.25) is 0 Å². The third kappa shape index (κ3) is 2.13. The SMILES string of the molecule is Cc1cc(Nc2ccc3cnccc3n2)ccn1. The van der Waals surface area contributed by atoms with E-state index in [1.165, 1.54) is 0 Å². The summed E-state index contributed by atoms with van der Waals surface area (Å²) in [6, 6.07) is 9.76. The number of hydrogen-bond donors (Lipinski definition) is 1. The van der Waals surface area contributed by atoms with E-state index in [1.807, 2.05) is 43.5 Å². The number of nitrogens with zero attached hydrogens (tertiary/aromatic N) is 3. The number of hydrogen-bond acceptors (Lipinski definition) is 4. The average Bonchev–Trinajstić information content (AvgIpc) is 2.39. The van der Waals surface area contributed by atoms with E-state index in [0.717, 1.165) is 28.1 Å². The first-order chi connectivity index (χ1) is 8.81. The molecule has 0 aliphatic carbocycles. The van der Waals surface area contributed by atoms with Crippen molar-refractivity contribution >= 4 is 22.4 Å². The van der Waals surface area contributed by atoms with Crippen molar-refractivity contribution in [3.8, 4) is 0 Å². The molecule has 3 rings (SSSR count). The fraction of sp³-hybridized carbons (Fsp3) is 0.0714. The third-order valence-electron chi connectivity index (χ3n) is 2.66. The van der Waals surface area contributed by atoms with Crippen LogP contribution in [0.3, 0.4) is 0 Å². The van der Waals surface area contributed by atoms with Gasteiger partial charge in [0.15, 0.2) is 0 Å². The van der Waals surface area contributed by atoms with Gasteiger partial charge in [0.25, 0.3) is 0 Å². The molecule has 0 atom stereocenters. The molecule has 0 spiro atoms. The summed E-state index contributed by atoms with van der Waals surface area (Å²) in [6.07, 6.45) is 5.33. The molecule has 0 bridgehead atoms. The molecule has 4 heteroatoms. The van der Waals surface area contributed by atoms with Gasteiger partial charge < -0.3 is 5.32 Å². The lowest BCUT2D eigenvalue weighted by molar-refractivity contribution is 1.20. The van der Waals surface area contributed by atoms with Crippen molar-refractivity contribution in [1.29, 1.82) is 0 Å². The summed E-state index contributed by atoms with van der Waals surface area (Å²) in [5.74, 6) is 0.819. The van der Waals surface area contributed by atoms with E-state index >= 15 is 0 Å². The molecule has 0 aromatic carbocycles. The Hall–Kier alpha value is -2.49. The second-order valence-electron chi connectivity index (χ2n) is 4.08. The molecule has 18 heavy (non-hydrogen) atoms. The Bertz CT molecular complexity index is 694. The normalized spacial score (nSPS) is 10.5. The van der Waals surface area contributed by atoms with Crippen molar-refractivity contribution in [2.24, 2.45) is 0 Å². The van der Waals surface area contributed by atoms with Gasteiger partial charge in [-0.15, -0.1) is 0 Å².